The second-order valence-electron chi connectivity index (χ2n) is 8.06. The third-order valence-electron chi connectivity index (χ3n) is 6.18. The number of aromatic nitrogens is 1. The maximum Gasteiger partial charge on any atom is 0.269 e. The number of rotatable bonds is 5. The molecule has 2 saturated heterocycles. The minimum atomic E-state index is -0.0953. The van der Waals surface area contributed by atoms with Crippen molar-refractivity contribution in [2.24, 2.45) is 5.92 Å². The maximum absolute atomic E-state index is 12.8. The number of hydrogen-bond acceptors (Lipinski definition) is 3. The number of para-hydroxylation sites is 1. The first kappa shape index (κ1) is 17.8. The van der Waals surface area contributed by atoms with Gasteiger partial charge in [-0.15, -0.1) is 0 Å². The highest BCUT2D eigenvalue weighted by Gasteiger charge is 2.55. The second-order valence-corrected chi connectivity index (χ2v) is 8.91. The van der Waals surface area contributed by atoms with E-state index in [1.54, 1.807) is 0 Å². The molecule has 4 nitrogen and oxygen atoms in total. The zero-order chi connectivity index (χ0) is 19.1. The average Bonchev–Trinajstić information content (AvgIpc) is 3.21. The van der Waals surface area contributed by atoms with Gasteiger partial charge in [-0.1, -0.05) is 48.5 Å². The van der Waals surface area contributed by atoms with Crippen LogP contribution in [0.3, 0.4) is 0 Å². The molecule has 2 bridgehead atoms. The molecule has 3 fully saturated rings. The molecular weight excluding hydrogens is 414 g/mol. The maximum atomic E-state index is 12.8. The highest BCUT2D eigenvalue weighted by atomic mass is 79.9. The molecule has 3 heterocycles. The van der Waals surface area contributed by atoms with Gasteiger partial charge in [0.1, 0.15) is 5.69 Å². The van der Waals surface area contributed by atoms with Gasteiger partial charge in [0.2, 0.25) is 0 Å². The average molecular weight is 436 g/mol. The summed E-state index contributed by atoms with van der Waals surface area (Å²) in [4.78, 5) is 19.9. The van der Waals surface area contributed by atoms with Crippen LogP contribution >= 0.6 is 15.9 Å². The summed E-state index contributed by atoms with van der Waals surface area (Å²) in [6.07, 6.45) is 2.35. The minimum Gasteiger partial charge on any atom is -0.349 e. The first-order valence-electron chi connectivity index (χ1n) is 9.75. The number of carbonyl (C=O) groups is 1. The molecule has 3 aliphatic rings. The van der Waals surface area contributed by atoms with E-state index in [-0.39, 0.29) is 11.4 Å². The molecule has 1 saturated carbocycles. The summed E-state index contributed by atoms with van der Waals surface area (Å²) in [5, 5.41) is 4.19. The van der Waals surface area contributed by atoms with E-state index in [9.17, 15) is 4.79 Å². The number of pyridine rings is 1. The van der Waals surface area contributed by atoms with E-state index >= 15 is 0 Å². The van der Waals surface area contributed by atoms with E-state index < -0.39 is 0 Å². The second kappa shape index (κ2) is 6.98. The molecule has 142 valence electrons. The summed E-state index contributed by atoms with van der Waals surface area (Å²) >= 11 is 3.53. The predicted molar refractivity (Wildman–Crippen MR) is 114 cm³/mol. The van der Waals surface area contributed by atoms with Crippen molar-refractivity contribution in [1.82, 2.24) is 15.2 Å². The Morgan fingerprint density at radius 3 is 2.75 bits per heavy atom. The SMILES string of the molecule is O=C(NCC12CC(CN1Cc1ccccc1)C2)c1ccc2cccc(Br)c2n1. The van der Waals surface area contributed by atoms with Crippen molar-refractivity contribution < 1.29 is 4.79 Å². The first-order valence-corrected chi connectivity index (χ1v) is 10.5. The van der Waals surface area contributed by atoms with Crippen LogP contribution < -0.4 is 5.32 Å². The molecule has 1 N–H and O–H groups in total. The summed E-state index contributed by atoms with van der Waals surface area (Å²) in [5.41, 5.74) is 2.73. The lowest BCUT2D eigenvalue weighted by Gasteiger charge is -2.42. The van der Waals surface area contributed by atoms with Gasteiger partial charge in [-0.25, -0.2) is 4.98 Å². The molecule has 1 amide bonds. The molecule has 5 heteroatoms. The Morgan fingerprint density at radius 1 is 1.11 bits per heavy atom. The fourth-order valence-electron chi connectivity index (χ4n) is 4.77. The van der Waals surface area contributed by atoms with Crippen LogP contribution in [0.15, 0.2) is 65.1 Å². The molecule has 0 unspecified atom stereocenters. The highest BCUT2D eigenvalue weighted by molar-refractivity contribution is 9.10. The van der Waals surface area contributed by atoms with Gasteiger partial charge < -0.3 is 5.32 Å². The number of fused-ring (bicyclic) bond motifs is 2. The summed E-state index contributed by atoms with van der Waals surface area (Å²) in [6, 6.07) is 20.3. The fourth-order valence-corrected chi connectivity index (χ4v) is 5.24. The Morgan fingerprint density at radius 2 is 1.93 bits per heavy atom. The van der Waals surface area contributed by atoms with E-state index in [2.05, 4.69) is 61.5 Å². The summed E-state index contributed by atoms with van der Waals surface area (Å²) in [7, 11) is 0. The van der Waals surface area contributed by atoms with Crippen molar-refractivity contribution in [3.8, 4) is 0 Å². The lowest BCUT2D eigenvalue weighted by Crippen LogP contribution is -2.53. The number of hydrogen-bond donors (Lipinski definition) is 1. The van der Waals surface area contributed by atoms with E-state index in [4.69, 9.17) is 0 Å². The van der Waals surface area contributed by atoms with Crippen molar-refractivity contribution in [2.45, 2.75) is 24.9 Å². The number of carbonyl (C=O) groups excluding carboxylic acids is 1. The Kier molecular flexibility index (Phi) is 4.44. The van der Waals surface area contributed by atoms with Gasteiger partial charge in [0.15, 0.2) is 0 Å². The molecule has 6 rings (SSSR count). The number of halogens is 1. The number of benzene rings is 2. The van der Waals surface area contributed by atoms with Crippen LogP contribution in [-0.4, -0.2) is 34.4 Å². The van der Waals surface area contributed by atoms with Crippen LogP contribution in [0.5, 0.6) is 0 Å². The van der Waals surface area contributed by atoms with Crippen molar-refractivity contribution in [3.05, 3.63) is 76.4 Å². The zero-order valence-corrected chi connectivity index (χ0v) is 17.2. The molecule has 28 heavy (non-hydrogen) atoms. The van der Waals surface area contributed by atoms with Gasteiger partial charge in [-0.2, -0.15) is 0 Å². The van der Waals surface area contributed by atoms with Crippen LogP contribution in [-0.2, 0) is 6.54 Å². The van der Waals surface area contributed by atoms with E-state index in [1.807, 2.05) is 30.3 Å². The topological polar surface area (TPSA) is 45.2 Å². The summed E-state index contributed by atoms with van der Waals surface area (Å²) in [6.45, 7) is 2.77. The summed E-state index contributed by atoms with van der Waals surface area (Å²) in [5.74, 6) is 0.678. The van der Waals surface area contributed by atoms with Gasteiger partial charge in [0, 0.05) is 35.0 Å². The molecule has 1 aliphatic carbocycles. The van der Waals surface area contributed by atoms with E-state index in [0.717, 1.165) is 34.4 Å². The first-order chi connectivity index (χ1) is 13.6. The minimum absolute atomic E-state index is 0.0953. The summed E-state index contributed by atoms with van der Waals surface area (Å²) < 4.78 is 0.907. The van der Waals surface area contributed by atoms with Gasteiger partial charge >= 0.3 is 0 Å². The van der Waals surface area contributed by atoms with Crippen LogP contribution in [0.4, 0.5) is 0 Å². The molecule has 2 aromatic carbocycles. The molecule has 3 aromatic rings. The third kappa shape index (κ3) is 3.12. The molecule has 0 radical (unpaired) electrons. The quantitative estimate of drug-likeness (QED) is 0.645. The van der Waals surface area contributed by atoms with Crippen molar-refractivity contribution >= 4 is 32.7 Å². The largest absolute Gasteiger partial charge is 0.349 e. The fraction of sp³-hybridized carbons (Fsp3) is 0.304. The molecule has 1 aromatic heterocycles. The lowest BCUT2D eigenvalue weighted by atomic mass is 9.73. The van der Waals surface area contributed by atoms with Gasteiger partial charge in [0.05, 0.1) is 5.52 Å². The van der Waals surface area contributed by atoms with E-state index in [1.165, 1.54) is 18.4 Å². The van der Waals surface area contributed by atoms with Crippen LogP contribution in [0.25, 0.3) is 10.9 Å². The smallest absolute Gasteiger partial charge is 0.269 e. The normalized spacial score (nSPS) is 23.5. The number of amides is 1. The Labute approximate surface area is 173 Å². The Bertz CT molecular complexity index is 1030. The van der Waals surface area contributed by atoms with E-state index in [0.29, 0.717) is 12.2 Å². The van der Waals surface area contributed by atoms with Gasteiger partial charge in [-0.3, -0.25) is 9.69 Å². The molecule has 2 aliphatic heterocycles. The van der Waals surface area contributed by atoms with Crippen molar-refractivity contribution in [2.75, 3.05) is 13.1 Å². The van der Waals surface area contributed by atoms with Crippen LogP contribution in [0.1, 0.15) is 28.9 Å². The highest BCUT2D eigenvalue weighted by Crippen LogP contribution is 2.50. The van der Waals surface area contributed by atoms with Crippen molar-refractivity contribution in [3.63, 3.8) is 0 Å². The standard InChI is InChI=1S/C23H22BrN3O/c24-19-8-4-7-18-9-10-20(26-21(18)19)22(28)25-15-23-11-17(12-23)14-27(23)13-16-5-2-1-3-6-16/h1-10,17H,11-15H2,(H,25,28). The molecule has 0 atom stereocenters. The van der Waals surface area contributed by atoms with Crippen LogP contribution in [0.2, 0.25) is 0 Å². The monoisotopic (exact) mass is 435 g/mol. The predicted octanol–water partition coefficient (Wildman–Crippen LogP) is 4.39. The van der Waals surface area contributed by atoms with Crippen LogP contribution in [0, 0.1) is 5.92 Å². The third-order valence-corrected chi connectivity index (χ3v) is 6.82. The number of nitrogens with one attached hydrogen (secondary N) is 1. The molecule has 0 spiro atoms. The number of nitrogens with zero attached hydrogens (tertiary/aromatic N) is 2. The van der Waals surface area contributed by atoms with Crippen molar-refractivity contribution in [1.29, 1.82) is 0 Å². The molecular formula is C23H22BrN3O. The Balaban J connectivity index is 1.29. The van der Waals surface area contributed by atoms with Gasteiger partial charge in [-0.05, 0) is 52.4 Å². The Hall–Kier alpha value is -2.24. The zero-order valence-electron chi connectivity index (χ0n) is 15.6. The lowest BCUT2D eigenvalue weighted by molar-refractivity contribution is 0.0795. The van der Waals surface area contributed by atoms with Gasteiger partial charge in [0.25, 0.3) is 5.91 Å².